The molecule has 128 valence electrons. The molecular weight excluding hydrogens is 314 g/mol. The topological polar surface area (TPSA) is 41.9 Å². The van der Waals surface area contributed by atoms with Crippen molar-refractivity contribution in [1.29, 1.82) is 0 Å². The Morgan fingerprint density at radius 1 is 1.17 bits per heavy atom. The first-order valence-electron chi connectivity index (χ1n) is 7.66. The van der Waals surface area contributed by atoms with Crippen molar-refractivity contribution < 1.29 is 18.3 Å². The lowest BCUT2D eigenvalue weighted by Crippen LogP contribution is -2.12. The van der Waals surface area contributed by atoms with Crippen molar-refractivity contribution in [2.24, 2.45) is 5.10 Å². The third kappa shape index (κ3) is 5.30. The van der Waals surface area contributed by atoms with Gasteiger partial charge in [-0.2, -0.15) is 13.9 Å². The number of hydrogen-bond donors (Lipinski definition) is 0. The average Bonchev–Trinajstić information content (AvgIpc) is 2.52. The monoisotopic (exact) mass is 334 g/mol. The highest BCUT2D eigenvalue weighted by Crippen LogP contribution is 2.26. The van der Waals surface area contributed by atoms with Crippen LogP contribution < -0.4 is 4.74 Å². The molecule has 0 bridgehead atoms. The fourth-order valence-electron chi connectivity index (χ4n) is 2.40. The zero-order valence-electron chi connectivity index (χ0n) is 13.7. The van der Waals surface area contributed by atoms with Gasteiger partial charge < -0.3 is 9.75 Å². The molecule has 6 heteroatoms. The number of alkyl halides is 2. The van der Waals surface area contributed by atoms with E-state index in [-0.39, 0.29) is 11.5 Å². The van der Waals surface area contributed by atoms with E-state index in [0.29, 0.717) is 12.0 Å². The highest BCUT2D eigenvalue weighted by Gasteiger charge is 2.19. The van der Waals surface area contributed by atoms with E-state index in [1.807, 2.05) is 14.1 Å². The summed E-state index contributed by atoms with van der Waals surface area (Å²) in [5.74, 6) is 0.113. The summed E-state index contributed by atoms with van der Waals surface area (Å²) >= 11 is 0. The molecule has 1 fully saturated rings. The predicted molar refractivity (Wildman–Crippen MR) is 90.2 cm³/mol. The Labute approximate surface area is 140 Å². The van der Waals surface area contributed by atoms with Gasteiger partial charge in [-0.05, 0) is 49.1 Å². The lowest BCUT2D eigenvalue weighted by molar-refractivity contribution is -0.112. The number of hydrogen-bond acceptors (Lipinski definition) is 4. The SMILES string of the molecule is CN(C)/N=C\C=C1/CCC/C(=C/c2ccc(OC(F)F)cc2)C1=O. The van der Waals surface area contributed by atoms with E-state index in [1.54, 1.807) is 35.5 Å². The van der Waals surface area contributed by atoms with Gasteiger partial charge in [-0.15, -0.1) is 0 Å². The second-order valence-corrected chi connectivity index (χ2v) is 5.60. The highest BCUT2D eigenvalue weighted by atomic mass is 19.3. The number of allylic oxidation sites excluding steroid dienone is 3. The van der Waals surface area contributed by atoms with Crippen LogP contribution in [0.4, 0.5) is 8.78 Å². The van der Waals surface area contributed by atoms with Crippen molar-refractivity contribution in [3.63, 3.8) is 0 Å². The fraction of sp³-hybridized carbons (Fsp3) is 0.333. The maximum atomic E-state index is 12.5. The number of carbonyl (C=O) groups is 1. The highest BCUT2D eigenvalue weighted by molar-refractivity contribution is 6.13. The minimum Gasteiger partial charge on any atom is -0.435 e. The maximum absolute atomic E-state index is 12.5. The van der Waals surface area contributed by atoms with Gasteiger partial charge in [-0.3, -0.25) is 4.79 Å². The molecule has 1 aromatic rings. The minimum absolute atomic E-state index is 0.0133. The standard InChI is InChI=1S/C18H20F2N2O2/c1-22(2)21-11-10-14-4-3-5-15(17(14)23)12-13-6-8-16(9-7-13)24-18(19)20/h6-12,18H,3-5H2,1-2H3/b14-10+,15-12-,21-11-. The molecule has 1 aliphatic carbocycles. The van der Waals surface area contributed by atoms with Crippen molar-refractivity contribution in [2.45, 2.75) is 25.9 Å². The summed E-state index contributed by atoms with van der Waals surface area (Å²) < 4.78 is 28.6. The molecule has 0 unspecified atom stereocenters. The third-order valence-electron chi connectivity index (χ3n) is 3.50. The van der Waals surface area contributed by atoms with Gasteiger partial charge in [0.1, 0.15) is 5.75 Å². The number of halogens is 2. The number of carbonyl (C=O) groups excluding carboxylic acids is 1. The molecule has 2 rings (SSSR count). The summed E-state index contributed by atoms with van der Waals surface area (Å²) in [6, 6.07) is 6.24. The van der Waals surface area contributed by atoms with E-state index in [4.69, 9.17) is 0 Å². The Morgan fingerprint density at radius 3 is 2.46 bits per heavy atom. The summed E-state index contributed by atoms with van der Waals surface area (Å²) in [6.07, 6.45) is 7.49. The first kappa shape index (κ1) is 17.8. The zero-order chi connectivity index (χ0) is 17.5. The van der Waals surface area contributed by atoms with E-state index in [2.05, 4.69) is 9.84 Å². The van der Waals surface area contributed by atoms with E-state index < -0.39 is 6.61 Å². The van der Waals surface area contributed by atoms with Gasteiger partial charge in [0.05, 0.1) is 0 Å². The van der Waals surface area contributed by atoms with Crippen LogP contribution in [0.1, 0.15) is 24.8 Å². The molecule has 0 aromatic heterocycles. The number of Topliss-reactive ketones (excluding diaryl/α,β-unsaturated/α-hetero) is 1. The predicted octanol–water partition coefficient (Wildman–Crippen LogP) is 3.90. The summed E-state index contributed by atoms with van der Waals surface area (Å²) in [5.41, 5.74) is 2.23. The fourth-order valence-corrected chi connectivity index (χ4v) is 2.40. The first-order valence-corrected chi connectivity index (χ1v) is 7.66. The number of benzene rings is 1. The molecule has 0 spiro atoms. The van der Waals surface area contributed by atoms with E-state index in [9.17, 15) is 13.6 Å². The van der Waals surface area contributed by atoms with Gasteiger partial charge in [-0.1, -0.05) is 12.1 Å². The maximum Gasteiger partial charge on any atom is 0.387 e. The summed E-state index contributed by atoms with van der Waals surface area (Å²) in [4.78, 5) is 12.5. The second kappa shape index (κ2) is 8.38. The number of hydrazone groups is 1. The molecule has 4 nitrogen and oxygen atoms in total. The van der Waals surface area contributed by atoms with Crippen molar-refractivity contribution in [2.75, 3.05) is 14.1 Å². The average molecular weight is 334 g/mol. The molecular formula is C18H20F2N2O2. The van der Waals surface area contributed by atoms with Gasteiger partial charge in [-0.25, -0.2) is 0 Å². The molecule has 0 saturated heterocycles. The van der Waals surface area contributed by atoms with Gasteiger partial charge in [0.25, 0.3) is 0 Å². The molecule has 1 aliphatic rings. The molecule has 0 aliphatic heterocycles. The summed E-state index contributed by atoms with van der Waals surface area (Å²) in [7, 11) is 3.62. The van der Waals surface area contributed by atoms with Gasteiger partial charge in [0.2, 0.25) is 0 Å². The Hall–Kier alpha value is -2.50. The van der Waals surface area contributed by atoms with Crippen LogP contribution in [-0.2, 0) is 4.79 Å². The number of ketones is 1. The van der Waals surface area contributed by atoms with E-state index >= 15 is 0 Å². The number of nitrogens with zero attached hydrogens (tertiary/aromatic N) is 2. The van der Waals surface area contributed by atoms with Crippen LogP contribution >= 0.6 is 0 Å². The smallest absolute Gasteiger partial charge is 0.387 e. The largest absolute Gasteiger partial charge is 0.435 e. The van der Waals surface area contributed by atoms with Crippen LogP contribution in [0.5, 0.6) is 5.75 Å². The molecule has 24 heavy (non-hydrogen) atoms. The first-order chi connectivity index (χ1) is 11.5. The van der Waals surface area contributed by atoms with Crippen molar-refractivity contribution in [1.82, 2.24) is 5.01 Å². The summed E-state index contributed by atoms with van der Waals surface area (Å²) in [6.45, 7) is -2.84. The molecule has 0 amide bonds. The number of rotatable bonds is 5. The third-order valence-corrected chi connectivity index (χ3v) is 3.50. The van der Waals surface area contributed by atoms with Crippen LogP contribution in [0.2, 0.25) is 0 Å². The molecule has 1 saturated carbocycles. The van der Waals surface area contributed by atoms with Crippen molar-refractivity contribution in [3.05, 3.63) is 47.1 Å². The molecule has 0 atom stereocenters. The van der Waals surface area contributed by atoms with Crippen LogP contribution in [0.15, 0.2) is 46.6 Å². The van der Waals surface area contributed by atoms with Gasteiger partial charge >= 0.3 is 6.61 Å². The Balaban J connectivity index is 2.12. The Kier molecular flexibility index (Phi) is 6.23. The van der Waals surface area contributed by atoms with E-state index in [1.165, 1.54) is 12.1 Å². The normalized spacial score (nSPS) is 18.8. The Bertz CT molecular complexity index is 662. The quantitative estimate of drug-likeness (QED) is 0.466. The number of ether oxygens (including phenoxy) is 1. The second-order valence-electron chi connectivity index (χ2n) is 5.60. The van der Waals surface area contributed by atoms with Crippen LogP contribution in [0, 0.1) is 0 Å². The van der Waals surface area contributed by atoms with E-state index in [0.717, 1.165) is 24.0 Å². The minimum atomic E-state index is -2.84. The summed E-state index contributed by atoms with van der Waals surface area (Å²) in [5, 5.41) is 5.74. The molecule has 0 heterocycles. The van der Waals surface area contributed by atoms with Gasteiger partial charge in [0, 0.05) is 31.5 Å². The molecule has 0 N–H and O–H groups in total. The van der Waals surface area contributed by atoms with Crippen LogP contribution in [0.25, 0.3) is 6.08 Å². The van der Waals surface area contributed by atoms with Crippen LogP contribution in [-0.4, -0.2) is 37.7 Å². The molecule has 0 radical (unpaired) electrons. The lowest BCUT2D eigenvalue weighted by atomic mass is 9.87. The zero-order valence-corrected chi connectivity index (χ0v) is 13.7. The Morgan fingerprint density at radius 2 is 1.83 bits per heavy atom. The van der Waals surface area contributed by atoms with Crippen LogP contribution in [0.3, 0.4) is 0 Å². The molecule has 1 aromatic carbocycles. The lowest BCUT2D eigenvalue weighted by Gasteiger charge is -2.16. The van der Waals surface area contributed by atoms with Crippen molar-refractivity contribution >= 4 is 18.1 Å². The van der Waals surface area contributed by atoms with Gasteiger partial charge in [0.15, 0.2) is 5.78 Å². The van der Waals surface area contributed by atoms with Crippen molar-refractivity contribution in [3.8, 4) is 5.75 Å².